The van der Waals surface area contributed by atoms with Crippen molar-refractivity contribution in [1.82, 2.24) is 0 Å². The van der Waals surface area contributed by atoms with Crippen molar-refractivity contribution in [2.45, 2.75) is 96.5 Å². The maximum absolute atomic E-state index is 14.3. The van der Waals surface area contributed by atoms with Crippen LogP contribution >= 0.6 is 0 Å². The highest BCUT2D eigenvalue weighted by molar-refractivity contribution is 4.87. The summed E-state index contributed by atoms with van der Waals surface area (Å²) in [5.41, 5.74) is 0. The van der Waals surface area contributed by atoms with Crippen molar-refractivity contribution in [3.63, 3.8) is 0 Å². The smallest absolute Gasteiger partial charge is 0.320 e. The van der Waals surface area contributed by atoms with E-state index in [4.69, 9.17) is 4.74 Å². The maximum Gasteiger partial charge on any atom is 0.356 e. The van der Waals surface area contributed by atoms with Crippen molar-refractivity contribution in [1.29, 1.82) is 0 Å². The topological polar surface area (TPSA) is 9.23 Å². The highest BCUT2D eigenvalue weighted by Crippen LogP contribution is 2.44. The molecule has 0 unspecified atom stereocenters. The van der Waals surface area contributed by atoms with Gasteiger partial charge in [-0.05, 0) is 99.7 Å². The Morgan fingerprint density at radius 1 is 0.815 bits per heavy atom. The van der Waals surface area contributed by atoms with Crippen LogP contribution in [0.3, 0.4) is 0 Å². The maximum atomic E-state index is 14.3. The van der Waals surface area contributed by atoms with Crippen molar-refractivity contribution in [2.24, 2.45) is 35.5 Å². The van der Waals surface area contributed by atoms with Gasteiger partial charge in [-0.15, -0.1) is 6.58 Å². The fraction of sp³-hybridized carbons (Fsp3) is 0.917. The van der Waals surface area contributed by atoms with Gasteiger partial charge in [0.25, 0.3) is 0 Å². The van der Waals surface area contributed by atoms with E-state index in [0.717, 1.165) is 56.3 Å². The van der Waals surface area contributed by atoms with Crippen molar-refractivity contribution in [3.8, 4) is 0 Å². The first-order chi connectivity index (χ1) is 12.9. The Kier molecular flexibility index (Phi) is 7.76. The average Bonchev–Trinajstić information content (AvgIpc) is 2.68. The molecule has 0 aliphatic heterocycles. The Labute approximate surface area is 165 Å². The number of halogens is 2. The van der Waals surface area contributed by atoms with Crippen molar-refractivity contribution in [2.75, 3.05) is 6.61 Å². The summed E-state index contributed by atoms with van der Waals surface area (Å²) < 4.78 is 33.8. The lowest BCUT2D eigenvalue weighted by Gasteiger charge is -2.38. The summed E-state index contributed by atoms with van der Waals surface area (Å²) in [5.74, 6) is 3.55. The lowest BCUT2D eigenvalue weighted by atomic mass is 9.69. The van der Waals surface area contributed by atoms with Crippen LogP contribution in [0.2, 0.25) is 0 Å². The molecule has 0 spiro atoms. The Hall–Kier alpha value is -0.440. The molecule has 0 heterocycles. The first-order valence-electron chi connectivity index (χ1n) is 11.6. The minimum atomic E-state index is -2.93. The van der Waals surface area contributed by atoms with E-state index >= 15 is 0 Å². The summed E-state index contributed by atoms with van der Waals surface area (Å²) in [6.45, 7) is 6.44. The summed E-state index contributed by atoms with van der Waals surface area (Å²) in [7, 11) is 0. The second-order valence-electron chi connectivity index (χ2n) is 9.97. The van der Waals surface area contributed by atoms with Crippen LogP contribution in [0, 0.1) is 35.5 Å². The van der Waals surface area contributed by atoms with E-state index in [9.17, 15) is 8.78 Å². The van der Waals surface area contributed by atoms with E-state index < -0.39 is 6.11 Å². The number of ether oxygens (including phenoxy) is 1. The zero-order chi connectivity index (χ0) is 19.3. The Morgan fingerprint density at radius 2 is 1.33 bits per heavy atom. The molecule has 3 fully saturated rings. The fourth-order valence-electron chi connectivity index (χ4n) is 5.85. The lowest BCUT2D eigenvalue weighted by Crippen LogP contribution is -2.31. The molecule has 3 aliphatic carbocycles. The average molecular weight is 383 g/mol. The third-order valence-electron chi connectivity index (χ3n) is 7.90. The van der Waals surface area contributed by atoms with Gasteiger partial charge in [-0.25, -0.2) is 0 Å². The van der Waals surface area contributed by atoms with E-state index in [1.807, 2.05) is 0 Å². The molecule has 0 bridgehead atoms. The van der Waals surface area contributed by atoms with Gasteiger partial charge in [-0.2, -0.15) is 8.78 Å². The van der Waals surface area contributed by atoms with Gasteiger partial charge in [-0.1, -0.05) is 25.8 Å². The van der Waals surface area contributed by atoms with Crippen LogP contribution in [0.5, 0.6) is 0 Å². The van der Waals surface area contributed by atoms with Crippen molar-refractivity contribution >= 4 is 0 Å². The minimum Gasteiger partial charge on any atom is -0.320 e. The van der Waals surface area contributed by atoms with Gasteiger partial charge in [0.2, 0.25) is 0 Å². The predicted molar refractivity (Wildman–Crippen MR) is 108 cm³/mol. The monoisotopic (exact) mass is 382 g/mol. The first kappa shape index (κ1) is 21.3. The first-order valence-corrected chi connectivity index (χ1v) is 11.6. The zero-order valence-corrected chi connectivity index (χ0v) is 17.3. The van der Waals surface area contributed by atoms with Gasteiger partial charge in [0, 0.05) is 6.42 Å². The lowest BCUT2D eigenvalue weighted by molar-refractivity contribution is -0.256. The van der Waals surface area contributed by atoms with Gasteiger partial charge in [0.1, 0.15) is 0 Å². The largest absolute Gasteiger partial charge is 0.356 e. The normalized spacial score (nSPS) is 38.5. The van der Waals surface area contributed by atoms with Crippen LogP contribution in [0.1, 0.15) is 90.4 Å². The molecule has 0 atom stereocenters. The number of alkyl halides is 2. The summed E-state index contributed by atoms with van der Waals surface area (Å²) in [5, 5.41) is 0. The highest BCUT2D eigenvalue weighted by atomic mass is 19.3. The third-order valence-corrected chi connectivity index (χ3v) is 7.90. The number of allylic oxidation sites excluding steroid dienone is 1. The van der Waals surface area contributed by atoms with Crippen LogP contribution in [0.4, 0.5) is 8.78 Å². The van der Waals surface area contributed by atoms with E-state index in [0.29, 0.717) is 11.8 Å². The molecule has 0 N–H and O–H groups in total. The van der Waals surface area contributed by atoms with E-state index in [2.05, 4.69) is 19.6 Å². The van der Waals surface area contributed by atoms with Crippen LogP contribution in [0.15, 0.2) is 12.7 Å². The van der Waals surface area contributed by atoms with E-state index in [1.165, 1.54) is 38.5 Å². The summed E-state index contributed by atoms with van der Waals surface area (Å²) in [4.78, 5) is 0. The fourth-order valence-corrected chi connectivity index (χ4v) is 5.85. The number of hydrogen-bond acceptors (Lipinski definition) is 1. The Bertz CT molecular complexity index is 439. The SMILES string of the molecule is C=CC1CCC(C2CCC(CC(F)(F)OCC3CCC(C)CC3)CC2)CC1. The van der Waals surface area contributed by atoms with Gasteiger partial charge in [0.15, 0.2) is 0 Å². The minimum absolute atomic E-state index is 0.0634. The quantitative estimate of drug-likeness (QED) is 0.412. The van der Waals surface area contributed by atoms with Gasteiger partial charge in [-0.3, -0.25) is 0 Å². The molecular formula is C24H40F2O. The highest BCUT2D eigenvalue weighted by Gasteiger charge is 2.38. The Morgan fingerprint density at radius 3 is 1.89 bits per heavy atom. The molecule has 27 heavy (non-hydrogen) atoms. The summed E-state index contributed by atoms with van der Waals surface area (Å²) in [6, 6.07) is 0. The molecule has 3 heteroatoms. The summed E-state index contributed by atoms with van der Waals surface area (Å²) >= 11 is 0. The molecule has 0 aromatic carbocycles. The van der Waals surface area contributed by atoms with Gasteiger partial charge >= 0.3 is 6.11 Å². The van der Waals surface area contributed by atoms with Crippen LogP contribution in [-0.4, -0.2) is 12.7 Å². The summed E-state index contributed by atoms with van der Waals surface area (Å²) in [6.07, 6.45) is 12.9. The molecule has 0 radical (unpaired) electrons. The predicted octanol–water partition coefficient (Wildman–Crippen LogP) is 7.61. The number of rotatable bonds is 7. The molecule has 1 nitrogen and oxygen atoms in total. The van der Waals surface area contributed by atoms with Crippen molar-refractivity contribution < 1.29 is 13.5 Å². The standard InChI is InChI=1S/C24H40F2O/c1-3-19-8-12-22(13-9-19)23-14-10-20(11-15-23)16-24(25,26)27-17-21-6-4-18(2)5-7-21/h3,18-23H,1,4-17H2,2H3. The van der Waals surface area contributed by atoms with E-state index in [-0.39, 0.29) is 18.9 Å². The molecular weight excluding hydrogens is 342 g/mol. The molecule has 0 saturated heterocycles. The number of hydrogen-bond donors (Lipinski definition) is 0. The molecule has 0 amide bonds. The van der Waals surface area contributed by atoms with Crippen LogP contribution < -0.4 is 0 Å². The van der Waals surface area contributed by atoms with Gasteiger partial charge < -0.3 is 4.74 Å². The van der Waals surface area contributed by atoms with Crippen molar-refractivity contribution in [3.05, 3.63) is 12.7 Å². The van der Waals surface area contributed by atoms with Crippen LogP contribution in [0.25, 0.3) is 0 Å². The third kappa shape index (κ3) is 6.54. The zero-order valence-electron chi connectivity index (χ0n) is 17.3. The molecule has 156 valence electrons. The molecule has 0 aromatic heterocycles. The molecule has 3 rings (SSSR count). The van der Waals surface area contributed by atoms with Crippen LogP contribution in [-0.2, 0) is 4.74 Å². The van der Waals surface area contributed by atoms with E-state index in [1.54, 1.807) is 0 Å². The second-order valence-corrected chi connectivity index (χ2v) is 9.97. The molecule has 0 aromatic rings. The Balaban J connectivity index is 1.34. The second kappa shape index (κ2) is 9.85. The molecule has 3 aliphatic rings. The molecule has 3 saturated carbocycles. The van der Waals surface area contributed by atoms with Gasteiger partial charge in [0.05, 0.1) is 6.61 Å².